The Morgan fingerprint density at radius 3 is 1.54 bits per heavy atom. The van der Waals surface area contributed by atoms with Crippen LogP contribution in [0, 0.1) is 0 Å². The van der Waals surface area contributed by atoms with Crippen molar-refractivity contribution in [2.45, 2.75) is 39.0 Å². The van der Waals surface area contributed by atoms with Crippen LogP contribution in [0.15, 0.2) is 78.9 Å². The van der Waals surface area contributed by atoms with Gasteiger partial charge in [0.15, 0.2) is 0 Å². The highest BCUT2D eigenvalue weighted by atomic mass is 14.2. The van der Waals surface area contributed by atoms with Crippen LogP contribution in [0.1, 0.15) is 60.4 Å². The summed E-state index contributed by atoms with van der Waals surface area (Å²) in [4.78, 5) is 0. The van der Waals surface area contributed by atoms with Gasteiger partial charge in [-0.1, -0.05) is 99.6 Å². The molecule has 0 aliphatic rings. The van der Waals surface area contributed by atoms with E-state index in [4.69, 9.17) is 0 Å². The largest absolute Gasteiger partial charge is 0.0622 e. The number of rotatable bonds is 5. The van der Waals surface area contributed by atoms with Crippen molar-refractivity contribution in [1.29, 1.82) is 0 Å². The Morgan fingerprint density at radius 2 is 1.04 bits per heavy atom. The lowest BCUT2D eigenvalue weighted by molar-refractivity contribution is 0.842. The monoisotopic (exact) mass is 314 g/mol. The molecular formula is C24H26. The SMILES string of the molecule is CCc1ccc(C(C)c2ccccc2C(C)c2ccccc2)cc1. The molecule has 2 atom stereocenters. The molecule has 0 saturated carbocycles. The van der Waals surface area contributed by atoms with E-state index >= 15 is 0 Å². The van der Waals surface area contributed by atoms with Gasteiger partial charge in [-0.05, 0) is 34.2 Å². The number of aryl methyl sites for hydroxylation is 1. The van der Waals surface area contributed by atoms with Gasteiger partial charge in [-0.2, -0.15) is 0 Å². The van der Waals surface area contributed by atoms with Crippen LogP contribution in [0.4, 0.5) is 0 Å². The van der Waals surface area contributed by atoms with Gasteiger partial charge in [0, 0.05) is 11.8 Å². The molecular weight excluding hydrogens is 288 g/mol. The van der Waals surface area contributed by atoms with E-state index in [0.29, 0.717) is 11.8 Å². The highest BCUT2D eigenvalue weighted by molar-refractivity contribution is 5.43. The van der Waals surface area contributed by atoms with Crippen molar-refractivity contribution >= 4 is 0 Å². The molecule has 0 N–H and O–H groups in total. The molecule has 0 radical (unpaired) electrons. The zero-order valence-corrected chi connectivity index (χ0v) is 14.9. The molecule has 0 aromatic heterocycles. The minimum Gasteiger partial charge on any atom is -0.0622 e. The third-order valence-electron chi connectivity index (χ3n) is 5.12. The van der Waals surface area contributed by atoms with Gasteiger partial charge >= 0.3 is 0 Å². The summed E-state index contributed by atoms with van der Waals surface area (Å²) in [5.74, 6) is 0.804. The Kier molecular flexibility index (Phi) is 5.15. The lowest BCUT2D eigenvalue weighted by atomic mass is 9.83. The summed E-state index contributed by atoms with van der Waals surface area (Å²) in [7, 11) is 0. The van der Waals surface area contributed by atoms with E-state index in [2.05, 4.69) is 99.6 Å². The standard InChI is InChI=1S/C24H26/c1-4-20-14-16-22(17-15-20)19(3)24-13-9-8-12-23(24)18(2)21-10-6-5-7-11-21/h5-19H,4H2,1-3H3. The molecule has 0 saturated heterocycles. The fraction of sp³-hybridized carbons (Fsp3) is 0.250. The van der Waals surface area contributed by atoms with Gasteiger partial charge in [0.1, 0.15) is 0 Å². The van der Waals surface area contributed by atoms with Gasteiger partial charge in [-0.25, -0.2) is 0 Å². The van der Waals surface area contributed by atoms with Crippen molar-refractivity contribution in [3.8, 4) is 0 Å². The summed E-state index contributed by atoms with van der Waals surface area (Å²) < 4.78 is 0. The number of benzene rings is 3. The van der Waals surface area contributed by atoms with E-state index in [0.717, 1.165) is 6.42 Å². The summed E-state index contributed by atoms with van der Waals surface area (Å²) in [6, 6.07) is 28.8. The molecule has 2 unspecified atom stereocenters. The molecule has 0 aliphatic carbocycles. The van der Waals surface area contributed by atoms with Crippen molar-refractivity contribution in [3.05, 3.63) is 107 Å². The highest BCUT2D eigenvalue weighted by Gasteiger charge is 2.17. The smallest absolute Gasteiger partial charge is 0.00639 e. The van der Waals surface area contributed by atoms with E-state index < -0.39 is 0 Å². The fourth-order valence-electron chi connectivity index (χ4n) is 3.44. The molecule has 0 bridgehead atoms. The Labute approximate surface area is 146 Å². The Balaban J connectivity index is 1.96. The quantitative estimate of drug-likeness (QED) is 0.500. The predicted octanol–water partition coefficient (Wildman–Crippen LogP) is 6.55. The Bertz CT molecular complexity index is 769. The van der Waals surface area contributed by atoms with Crippen LogP contribution >= 0.6 is 0 Å². The van der Waals surface area contributed by atoms with Gasteiger partial charge in [0.2, 0.25) is 0 Å². The maximum Gasteiger partial charge on any atom is 0.00639 e. The normalized spacial score (nSPS) is 13.5. The fourth-order valence-corrected chi connectivity index (χ4v) is 3.44. The maximum atomic E-state index is 2.32. The summed E-state index contributed by atoms with van der Waals surface area (Å²) in [5.41, 5.74) is 7.02. The summed E-state index contributed by atoms with van der Waals surface area (Å²) >= 11 is 0. The molecule has 0 heteroatoms. The third kappa shape index (κ3) is 3.43. The Morgan fingerprint density at radius 1 is 0.583 bits per heavy atom. The first-order valence-corrected chi connectivity index (χ1v) is 8.93. The molecule has 3 aromatic rings. The average Bonchev–Trinajstić information content (AvgIpc) is 2.67. The zero-order chi connectivity index (χ0) is 16.9. The van der Waals surface area contributed by atoms with Crippen LogP contribution in [0.3, 0.4) is 0 Å². The maximum absolute atomic E-state index is 2.32. The van der Waals surface area contributed by atoms with E-state index in [1.165, 1.54) is 27.8 Å². The van der Waals surface area contributed by atoms with Crippen LogP contribution in [0.2, 0.25) is 0 Å². The molecule has 0 fully saturated rings. The minimum absolute atomic E-state index is 0.401. The minimum atomic E-state index is 0.401. The van der Waals surface area contributed by atoms with Crippen LogP contribution < -0.4 is 0 Å². The summed E-state index contributed by atoms with van der Waals surface area (Å²) in [6.07, 6.45) is 1.09. The Hall–Kier alpha value is -2.34. The van der Waals surface area contributed by atoms with Crippen LogP contribution in [0.5, 0.6) is 0 Å². The van der Waals surface area contributed by atoms with E-state index in [1.54, 1.807) is 0 Å². The third-order valence-corrected chi connectivity index (χ3v) is 5.12. The van der Waals surface area contributed by atoms with E-state index in [9.17, 15) is 0 Å². The first-order valence-electron chi connectivity index (χ1n) is 8.93. The van der Waals surface area contributed by atoms with Crippen molar-refractivity contribution in [3.63, 3.8) is 0 Å². The summed E-state index contributed by atoms with van der Waals surface area (Å²) in [6.45, 7) is 6.83. The first-order chi connectivity index (χ1) is 11.7. The molecule has 122 valence electrons. The number of hydrogen-bond acceptors (Lipinski definition) is 0. The van der Waals surface area contributed by atoms with Crippen molar-refractivity contribution < 1.29 is 0 Å². The van der Waals surface area contributed by atoms with Crippen LogP contribution in [-0.2, 0) is 6.42 Å². The van der Waals surface area contributed by atoms with Gasteiger partial charge < -0.3 is 0 Å². The van der Waals surface area contributed by atoms with Gasteiger partial charge in [-0.3, -0.25) is 0 Å². The topological polar surface area (TPSA) is 0 Å². The van der Waals surface area contributed by atoms with Gasteiger partial charge in [0.25, 0.3) is 0 Å². The zero-order valence-electron chi connectivity index (χ0n) is 14.9. The second-order valence-corrected chi connectivity index (χ2v) is 6.58. The van der Waals surface area contributed by atoms with Crippen molar-refractivity contribution in [2.75, 3.05) is 0 Å². The lowest BCUT2D eigenvalue weighted by Gasteiger charge is -2.22. The van der Waals surface area contributed by atoms with E-state index in [-0.39, 0.29) is 0 Å². The molecule has 0 amide bonds. The van der Waals surface area contributed by atoms with Crippen molar-refractivity contribution in [2.24, 2.45) is 0 Å². The molecule has 3 aromatic carbocycles. The average molecular weight is 314 g/mol. The molecule has 0 spiro atoms. The second-order valence-electron chi connectivity index (χ2n) is 6.58. The lowest BCUT2D eigenvalue weighted by Crippen LogP contribution is -2.05. The van der Waals surface area contributed by atoms with Gasteiger partial charge in [0.05, 0.1) is 0 Å². The second kappa shape index (κ2) is 7.49. The first kappa shape index (κ1) is 16.5. The molecule has 3 rings (SSSR count). The summed E-state index contributed by atoms with van der Waals surface area (Å²) in [5, 5.41) is 0. The molecule has 24 heavy (non-hydrogen) atoms. The highest BCUT2D eigenvalue weighted by Crippen LogP contribution is 2.34. The predicted molar refractivity (Wildman–Crippen MR) is 104 cm³/mol. The van der Waals surface area contributed by atoms with Crippen molar-refractivity contribution in [1.82, 2.24) is 0 Å². The van der Waals surface area contributed by atoms with Crippen LogP contribution in [0.25, 0.3) is 0 Å². The number of hydrogen-bond donors (Lipinski definition) is 0. The van der Waals surface area contributed by atoms with E-state index in [1.807, 2.05) is 0 Å². The molecule has 0 heterocycles. The molecule has 0 aliphatic heterocycles. The molecule has 0 nitrogen and oxygen atoms in total. The van der Waals surface area contributed by atoms with Crippen LogP contribution in [-0.4, -0.2) is 0 Å². The van der Waals surface area contributed by atoms with Gasteiger partial charge in [-0.15, -0.1) is 0 Å².